The molecule has 11 heavy (non-hydrogen) atoms. The van der Waals surface area contributed by atoms with Gasteiger partial charge in [-0.3, -0.25) is 0 Å². The van der Waals surface area contributed by atoms with Gasteiger partial charge in [0.1, 0.15) is 0 Å². The van der Waals surface area contributed by atoms with Gasteiger partial charge in [-0.05, 0) is 0 Å². The Kier molecular flexibility index (Phi) is 1.75. The molecule has 1 atom stereocenters. The molecule has 0 amide bonds. The molecule has 2 rings (SSSR count). The van der Waals surface area contributed by atoms with Crippen LogP contribution in [0.4, 0.5) is 0 Å². The Hall–Kier alpha value is -0.682. The van der Waals surface area contributed by atoms with Gasteiger partial charge in [-0.1, -0.05) is 0 Å². The van der Waals surface area contributed by atoms with Gasteiger partial charge in [0, 0.05) is 0 Å². The van der Waals surface area contributed by atoms with Crippen LogP contribution in [0.15, 0.2) is 34.9 Å². The summed E-state index contributed by atoms with van der Waals surface area (Å²) in [5.74, 6) is 1.02. The van der Waals surface area contributed by atoms with Crippen molar-refractivity contribution in [2.24, 2.45) is 0 Å². The van der Waals surface area contributed by atoms with Crippen LogP contribution in [0.5, 0.6) is 5.75 Å². The Balaban J connectivity index is 2.42. The predicted molar refractivity (Wildman–Crippen MR) is 47.4 cm³/mol. The number of allylic oxidation sites excluding steroid dienone is 1. The molecule has 1 aromatic carbocycles. The van der Waals surface area contributed by atoms with Crippen LogP contribution in [-0.4, -0.2) is 16.9 Å². The van der Waals surface area contributed by atoms with E-state index in [1.807, 2.05) is 18.2 Å². The fraction of sp³-hybridized carbons (Fsp3) is 0.111. The van der Waals surface area contributed by atoms with E-state index < -0.39 is 0 Å². The van der Waals surface area contributed by atoms with Gasteiger partial charge in [-0.15, -0.1) is 0 Å². The minimum atomic E-state index is 1.02. The van der Waals surface area contributed by atoms with E-state index in [1.165, 1.54) is 5.56 Å². The first-order valence-electron chi connectivity index (χ1n) is 3.57. The SMILES string of the molecule is [AsH2]C1=CCc2ccccc2O1. The third-order valence-corrected chi connectivity index (χ3v) is 2.47. The topological polar surface area (TPSA) is 9.23 Å². The third-order valence-electron chi connectivity index (χ3n) is 1.72. The molecule has 0 saturated carbocycles. The van der Waals surface area contributed by atoms with Crippen molar-refractivity contribution in [1.29, 1.82) is 0 Å². The van der Waals surface area contributed by atoms with Crippen molar-refractivity contribution in [3.8, 4) is 5.75 Å². The fourth-order valence-electron chi connectivity index (χ4n) is 1.15. The summed E-state index contributed by atoms with van der Waals surface area (Å²) in [7, 11) is 0. The van der Waals surface area contributed by atoms with Gasteiger partial charge >= 0.3 is 74.2 Å². The van der Waals surface area contributed by atoms with E-state index in [9.17, 15) is 0 Å². The van der Waals surface area contributed by atoms with Crippen molar-refractivity contribution in [2.45, 2.75) is 6.42 Å². The molecule has 0 spiro atoms. The molecule has 0 bridgehead atoms. The van der Waals surface area contributed by atoms with Gasteiger partial charge in [0.25, 0.3) is 0 Å². The third kappa shape index (κ3) is 1.34. The predicted octanol–water partition coefficient (Wildman–Crippen LogP) is 1.10. The van der Waals surface area contributed by atoms with E-state index in [2.05, 4.69) is 12.1 Å². The first-order valence-corrected chi connectivity index (χ1v) is 4.79. The van der Waals surface area contributed by atoms with Crippen molar-refractivity contribution >= 4 is 16.9 Å². The Labute approximate surface area is 74.6 Å². The number of ether oxygens (including phenoxy) is 1. The molecular weight excluding hydrogens is 199 g/mol. The van der Waals surface area contributed by atoms with Gasteiger partial charge in [0.2, 0.25) is 0 Å². The summed E-state index contributed by atoms with van der Waals surface area (Å²) in [6, 6.07) is 8.17. The number of rotatable bonds is 0. The van der Waals surface area contributed by atoms with Crippen LogP contribution < -0.4 is 4.74 Å². The first kappa shape index (κ1) is 6.99. The molecule has 0 aliphatic carbocycles. The van der Waals surface area contributed by atoms with Gasteiger partial charge in [0.05, 0.1) is 0 Å². The summed E-state index contributed by atoms with van der Waals surface area (Å²) >= 11 is 1.54. The molecule has 2 heteroatoms. The number of benzene rings is 1. The zero-order chi connectivity index (χ0) is 7.68. The molecule has 0 N–H and O–H groups in total. The van der Waals surface area contributed by atoms with Crippen LogP contribution in [0.25, 0.3) is 0 Å². The van der Waals surface area contributed by atoms with Crippen molar-refractivity contribution in [3.05, 3.63) is 40.5 Å². The Bertz CT molecular complexity index is 304. The van der Waals surface area contributed by atoms with Crippen LogP contribution >= 0.6 is 0 Å². The maximum absolute atomic E-state index is 5.52. The molecule has 56 valence electrons. The van der Waals surface area contributed by atoms with E-state index in [4.69, 9.17) is 4.74 Å². The number of hydrogen-bond acceptors (Lipinski definition) is 1. The van der Waals surface area contributed by atoms with Crippen molar-refractivity contribution in [3.63, 3.8) is 0 Å². The van der Waals surface area contributed by atoms with E-state index in [1.54, 1.807) is 16.9 Å². The molecule has 1 aromatic rings. The van der Waals surface area contributed by atoms with E-state index in [-0.39, 0.29) is 0 Å². The van der Waals surface area contributed by atoms with Crippen LogP contribution in [0.3, 0.4) is 0 Å². The summed E-state index contributed by atoms with van der Waals surface area (Å²) in [6.45, 7) is 0. The zero-order valence-electron chi connectivity index (χ0n) is 6.08. The molecule has 0 radical (unpaired) electrons. The van der Waals surface area contributed by atoms with Gasteiger partial charge < -0.3 is 0 Å². The van der Waals surface area contributed by atoms with Crippen LogP contribution in [0.1, 0.15) is 5.56 Å². The molecular formula is C9H9AsO. The molecule has 1 unspecified atom stereocenters. The first-order chi connectivity index (χ1) is 5.36. The second kappa shape index (κ2) is 2.75. The van der Waals surface area contributed by atoms with Crippen molar-refractivity contribution in [1.82, 2.24) is 0 Å². The second-order valence-electron chi connectivity index (χ2n) is 2.52. The van der Waals surface area contributed by atoms with E-state index in [0.29, 0.717) is 0 Å². The van der Waals surface area contributed by atoms with Gasteiger partial charge in [-0.2, -0.15) is 0 Å². The molecule has 0 saturated heterocycles. The summed E-state index contributed by atoms with van der Waals surface area (Å²) in [5.41, 5.74) is 1.29. The van der Waals surface area contributed by atoms with Gasteiger partial charge in [-0.25, -0.2) is 0 Å². The second-order valence-corrected chi connectivity index (χ2v) is 3.71. The molecule has 1 heterocycles. The summed E-state index contributed by atoms with van der Waals surface area (Å²) in [6.07, 6.45) is 3.14. The number of para-hydroxylation sites is 1. The number of fused-ring (bicyclic) bond motifs is 1. The summed E-state index contributed by atoms with van der Waals surface area (Å²) in [5, 5.41) is 0. The van der Waals surface area contributed by atoms with E-state index >= 15 is 0 Å². The van der Waals surface area contributed by atoms with Crippen LogP contribution in [-0.2, 0) is 6.42 Å². The number of hydrogen-bond donors (Lipinski definition) is 0. The molecule has 0 aromatic heterocycles. The average molecular weight is 208 g/mol. The average Bonchev–Trinajstić information content (AvgIpc) is 2.04. The van der Waals surface area contributed by atoms with Crippen LogP contribution in [0, 0.1) is 0 Å². The summed E-state index contributed by atoms with van der Waals surface area (Å²) < 4.78 is 6.59. The monoisotopic (exact) mass is 208 g/mol. The van der Waals surface area contributed by atoms with Gasteiger partial charge in [0.15, 0.2) is 0 Å². The standard InChI is InChI=1S/C9H9AsO/c10-9-6-5-7-3-1-2-4-8(7)11-9/h1-4,6H,5,10H2. The molecule has 1 aliphatic heterocycles. The van der Waals surface area contributed by atoms with Crippen molar-refractivity contribution < 1.29 is 4.74 Å². The Morgan fingerprint density at radius 3 is 3.00 bits per heavy atom. The molecule has 0 fully saturated rings. The van der Waals surface area contributed by atoms with Crippen LogP contribution in [0.2, 0.25) is 0 Å². The fourth-order valence-corrected chi connectivity index (χ4v) is 1.66. The zero-order valence-corrected chi connectivity index (χ0v) is 8.50. The molecule has 1 aliphatic rings. The Morgan fingerprint density at radius 2 is 2.09 bits per heavy atom. The maximum atomic E-state index is 5.52. The molecule has 1 nitrogen and oxygen atoms in total. The Morgan fingerprint density at radius 1 is 1.27 bits per heavy atom. The van der Waals surface area contributed by atoms with E-state index in [0.717, 1.165) is 16.7 Å². The van der Waals surface area contributed by atoms with Crippen molar-refractivity contribution in [2.75, 3.05) is 0 Å². The summed E-state index contributed by atoms with van der Waals surface area (Å²) in [4.78, 5) is 0. The minimum absolute atomic E-state index is 1.02. The normalized spacial score (nSPS) is 14.8. The quantitative estimate of drug-likeness (QED) is 0.580.